The third kappa shape index (κ3) is 2.80. The van der Waals surface area contributed by atoms with Crippen LogP contribution in [0.3, 0.4) is 0 Å². The Bertz CT molecular complexity index is 751. The second kappa shape index (κ2) is 5.68. The van der Waals surface area contributed by atoms with Crippen LogP contribution < -0.4 is 0 Å². The molecule has 20 heavy (non-hydrogen) atoms. The highest BCUT2D eigenvalue weighted by Crippen LogP contribution is 2.27. The monoisotopic (exact) mass is 390 g/mol. The molecule has 0 spiro atoms. The van der Waals surface area contributed by atoms with Gasteiger partial charge in [-0.15, -0.1) is 0 Å². The Morgan fingerprint density at radius 3 is 1.95 bits per heavy atom. The second-order valence-electron chi connectivity index (χ2n) is 4.70. The molecule has 0 aliphatic carbocycles. The molecule has 3 aromatic rings. The number of aliphatic hydroxyl groups is 1. The first kappa shape index (κ1) is 13.8. The van der Waals surface area contributed by atoms with Gasteiger partial charge in [0.2, 0.25) is 0 Å². The molecule has 1 unspecified atom stereocenters. The van der Waals surface area contributed by atoms with E-state index in [9.17, 15) is 5.11 Å². The fourth-order valence-corrected chi connectivity index (χ4v) is 2.89. The van der Waals surface area contributed by atoms with Gasteiger partial charge in [0, 0.05) is 8.95 Å². The molecule has 3 aromatic carbocycles. The summed E-state index contributed by atoms with van der Waals surface area (Å²) in [6.45, 7) is 0. The predicted molar refractivity (Wildman–Crippen MR) is 89.9 cm³/mol. The molecule has 0 bridgehead atoms. The molecular weight excluding hydrogens is 380 g/mol. The molecule has 0 aliphatic rings. The van der Waals surface area contributed by atoms with Gasteiger partial charge < -0.3 is 5.11 Å². The Labute approximate surface area is 134 Å². The van der Waals surface area contributed by atoms with Crippen molar-refractivity contribution in [3.63, 3.8) is 0 Å². The number of rotatable bonds is 2. The van der Waals surface area contributed by atoms with Crippen LogP contribution in [0.5, 0.6) is 0 Å². The largest absolute Gasteiger partial charge is 0.384 e. The maximum absolute atomic E-state index is 10.5. The topological polar surface area (TPSA) is 20.2 Å². The summed E-state index contributed by atoms with van der Waals surface area (Å²) in [6, 6.07) is 19.9. The molecular formula is C17H12Br2O. The van der Waals surface area contributed by atoms with Crippen LogP contribution in [-0.4, -0.2) is 5.11 Å². The Balaban J connectivity index is 2.01. The summed E-state index contributed by atoms with van der Waals surface area (Å²) in [7, 11) is 0. The van der Waals surface area contributed by atoms with E-state index in [0.29, 0.717) is 0 Å². The Hall–Kier alpha value is -1.16. The number of fused-ring (bicyclic) bond motifs is 1. The average molecular weight is 392 g/mol. The fraction of sp³-hybridized carbons (Fsp3) is 0.0588. The van der Waals surface area contributed by atoms with Crippen molar-refractivity contribution in [2.24, 2.45) is 0 Å². The summed E-state index contributed by atoms with van der Waals surface area (Å²) in [5.41, 5.74) is 1.80. The summed E-state index contributed by atoms with van der Waals surface area (Å²) in [5.74, 6) is 0. The molecule has 0 heterocycles. The molecule has 0 radical (unpaired) electrons. The fourth-order valence-electron chi connectivity index (χ4n) is 2.24. The molecule has 1 N–H and O–H groups in total. The van der Waals surface area contributed by atoms with E-state index in [1.807, 2.05) is 48.5 Å². The van der Waals surface area contributed by atoms with E-state index in [0.717, 1.165) is 30.8 Å². The van der Waals surface area contributed by atoms with Crippen molar-refractivity contribution in [3.8, 4) is 0 Å². The Morgan fingerprint density at radius 1 is 0.650 bits per heavy atom. The van der Waals surface area contributed by atoms with Crippen molar-refractivity contribution < 1.29 is 5.11 Å². The smallest absolute Gasteiger partial charge is 0.104 e. The third-order valence-electron chi connectivity index (χ3n) is 3.33. The van der Waals surface area contributed by atoms with Gasteiger partial charge in [-0.1, -0.05) is 62.2 Å². The van der Waals surface area contributed by atoms with E-state index in [4.69, 9.17) is 0 Å². The minimum atomic E-state index is -0.601. The van der Waals surface area contributed by atoms with E-state index in [-0.39, 0.29) is 0 Å². The molecule has 0 aromatic heterocycles. The lowest BCUT2D eigenvalue weighted by Crippen LogP contribution is -1.99. The number of hydrogen-bond acceptors (Lipinski definition) is 1. The van der Waals surface area contributed by atoms with Crippen molar-refractivity contribution in [1.82, 2.24) is 0 Å². The zero-order chi connectivity index (χ0) is 14.1. The quantitative estimate of drug-likeness (QED) is 0.616. The molecule has 100 valence electrons. The molecule has 0 fully saturated rings. The van der Waals surface area contributed by atoms with E-state index in [2.05, 4.69) is 44.0 Å². The first-order valence-electron chi connectivity index (χ1n) is 6.26. The summed E-state index contributed by atoms with van der Waals surface area (Å²) < 4.78 is 2.07. The summed E-state index contributed by atoms with van der Waals surface area (Å²) in [4.78, 5) is 0. The van der Waals surface area contributed by atoms with Crippen LogP contribution in [0.15, 0.2) is 69.6 Å². The first-order chi connectivity index (χ1) is 9.63. The molecule has 3 heteroatoms. The van der Waals surface area contributed by atoms with E-state index in [1.54, 1.807) is 0 Å². The Morgan fingerprint density at radius 2 is 1.20 bits per heavy atom. The lowest BCUT2D eigenvalue weighted by molar-refractivity contribution is 0.220. The SMILES string of the molecule is OC(c1ccc(Br)cc1)c1ccc2cc(Br)ccc2c1. The second-order valence-corrected chi connectivity index (χ2v) is 6.54. The zero-order valence-corrected chi connectivity index (χ0v) is 13.7. The van der Waals surface area contributed by atoms with Crippen LogP contribution in [0.2, 0.25) is 0 Å². The van der Waals surface area contributed by atoms with E-state index >= 15 is 0 Å². The minimum Gasteiger partial charge on any atom is -0.384 e. The summed E-state index contributed by atoms with van der Waals surface area (Å²) >= 11 is 6.87. The molecule has 0 saturated heterocycles. The van der Waals surface area contributed by atoms with Crippen LogP contribution in [0.25, 0.3) is 10.8 Å². The Kier molecular flexibility index (Phi) is 3.92. The number of benzene rings is 3. The molecule has 1 nitrogen and oxygen atoms in total. The maximum atomic E-state index is 10.5. The maximum Gasteiger partial charge on any atom is 0.104 e. The lowest BCUT2D eigenvalue weighted by atomic mass is 9.99. The summed E-state index contributed by atoms with van der Waals surface area (Å²) in [5, 5.41) is 12.8. The number of halogens is 2. The predicted octanol–water partition coefficient (Wildman–Crippen LogP) is 5.45. The van der Waals surface area contributed by atoms with Gasteiger partial charge in [-0.05, 0) is 52.2 Å². The van der Waals surface area contributed by atoms with Gasteiger partial charge in [0.25, 0.3) is 0 Å². The first-order valence-corrected chi connectivity index (χ1v) is 7.85. The van der Waals surface area contributed by atoms with Crippen LogP contribution in [0, 0.1) is 0 Å². The van der Waals surface area contributed by atoms with Crippen molar-refractivity contribution in [2.75, 3.05) is 0 Å². The van der Waals surface area contributed by atoms with Gasteiger partial charge in [0.05, 0.1) is 0 Å². The average Bonchev–Trinajstić information content (AvgIpc) is 2.47. The minimum absolute atomic E-state index is 0.601. The van der Waals surface area contributed by atoms with Crippen molar-refractivity contribution in [2.45, 2.75) is 6.10 Å². The molecule has 3 rings (SSSR count). The lowest BCUT2D eigenvalue weighted by Gasteiger charge is -2.12. The van der Waals surface area contributed by atoms with Crippen LogP contribution in [0.1, 0.15) is 17.2 Å². The third-order valence-corrected chi connectivity index (χ3v) is 4.35. The van der Waals surface area contributed by atoms with Crippen molar-refractivity contribution in [3.05, 3.63) is 80.7 Å². The van der Waals surface area contributed by atoms with Crippen LogP contribution in [-0.2, 0) is 0 Å². The van der Waals surface area contributed by atoms with E-state index in [1.165, 1.54) is 0 Å². The highest BCUT2D eigenvalue weighted by atomic mass is 79.9. The number of aliphatic hydroxyl groups excluding tert-OH is 1. The molecule has 1 atom stereocenters. The van der Waals surface area contributed by atoms with Crippen LogP contribution in [0.4, 0.5) is 0 Å². The summed E-state index contributed by atoms with van der Waals surface area (Å²) in [6.07, 6.45) is -0.601. The molecule has 0 amide bonds. The molecule has 0 saturated carbocycles. The van der Waals surface area contributed by atoms with Crippen molar-refractivity contribution in [1.29, 1.82) is 0 Å². The highest BCUT2D eigenvalue weighted by molar-refractivity contribution is 9.10. The number of hydrogen-bond donors (Lipinski definition) is 1. The van der Waals surface area contributed by atoms with Gasteiger partial charge in [-0.3, -0.25) is 0 Å². The zero-order valence-electron chi connectivity index (χ0n) is 10.6. The highest BCUT2D eigenvalue weighted by Gasteiger charge is 2.10. The standard InChI is InChI=1S/C17H12Br2O/c18-15-6-3-11(4-7-15)17(20)14-2-1-13-10-16(19)8-5-12(13)9-14/h1-10,17,20H. The normalized spacial score (nSPS) is 12.6. The molecule has 0 aliphatic heterocycles. The van der Waals surface area contributed by atoms with Gasteiger partial charge in [-0.25, -0.2) is 0 Å². The van der Waals surface area contributed by atoms with Gasteiger partial charge in [0.1, 0.15) is 6.10 Å². The van der Waals surface area contributed by atoms with Gasteiger partial charge >= 0.3 is 0 Å². The van der Waals surface area contributed by atoms with Gasteiger partial charge in [-0.2, -0.15) is 0 Å². The van der Waals surface area contributed by atoms with Gasteiger partial charge in [0.15, 0.2) is 0 Å². The van der Waals surface area contributed by atoms with Crippen molar-refractivity contribution >= 4 is 42.6 Å². The van der Waals surface area contributed by atoms with Crippen LogP contribution >= 0.6 is 31.9 Å². The van der Waals surface area contributed by atoms with E-state index < -0.39 is 6.10 Å².